The first kappa shape index (κ1) is 21.8. The molecule has 0 aromatic heterocycles. The first-order valence-electron chi connectivity index (χ1n) is 9.13. The van der Waals surface area contributed by atoms with Gasteiger partial charge in [-0.2, -0.15) is 0 Å². The molecule has 0 heterocycles. The first-order valence-corrected chi connectivity index (χ1v) is 9.50. The van der Waals surface area contributed by atoms with Gasteiger partial charge in [0.15, 0.2) is 13.2 Å². The van der Waals surface area contributed by atoms with Gasteiger partial charge in [0.25, 0.3) is 5.91 Å². The van der Waals surface area contributed by atoms with E-state index in [1.165, 1.54) is 0 Å². The Hall–Kier alpha value is -2.53. The zero-order valence-electron chi connectivity index (χ0n) is 16.9. The van der Waals surface area contributed by atoms with Gasteiger partial charge in [0.1, 0.15) is 5.75 Å². The number of rotatable bonds is 7. The number of carbonyl (C=O) groups is 2. The Labute approximate surface area is 171 Å². The lowest BCUT2D eigenvalue weighted by atomic mass is 10.0. The third kappa shape index (κ3) is 5.99. The maximum atomic E-state index is 12.0. The van der Waals surface area contributed by atoms with E-state index in [1.807, 2.05) is 58.9 Å². The molecule has 0 aliphatic carbocycles. The van der Waals surface area contributed by atoms with E-state index in [9.17, 15) is 9.59 Å². The van der Waals surface area contributed by atoms with E-state index in [0.29, 0.717) is 16.5 Å². The molecule has 0 unspecified atom stereocenters. The number of ether oxygens (including phenoxy) is 2. The molecule has 150 valence electrons. The molecular weight excluding hydrogens is 378 g/mol. The summed E-state index contributed by atoms with van der Waals surface area (Å²) in [7, 11) is 0. The molecule has 6 heteroatoms. The van der Waals surface area contributed by atoms with Crippen LogP contribution in [0.4, 0.5) is 5.69 Å². The van der Waals surface area contributed by atoms with Crippen LogP contribution in [0.3, 0.4) is 0 Å². The van der Waals surface area contributed by atoms with Crippen molar-refractivity contribution in [3.8, 4) is 5.75 Å². The number of benzene rings is 2. The summed E-state index contributed by atoms with van der Waals surface area (Å²) in [5.74, 6) is -0.236. The molecule has 0 saturated carbocycles. The molecule has 0 fully saturated rings. The second kappa shape index (κ2) is 9.60. The third-order valence-electron chi connectivity index (χ3n) is 4.41. The zero-order valence-corrected chi connectivity index (χ0v) is 17.6. The van der Waals surface area contributed by atoms with E-state index in [2.05, 4.69) is 5.32 Å². The molecule has 2 aromatic rings. The first-order chi connectivity index (χ1) is 13.2. The lowest BCUT2D eigenvalue weighted by molar-refractivity contribution is -0.149. The van der Waals surface area contributed by atoms with Crippen LogP contribution in [0.1, 0.15) is 42.0 Å². The van der Waals surface area contributed by atoms with E-state index >= 15 is 0 Å². The summed E-state index contributed by atoms with van der Waals surface area (Å²) in [4.78, 5) is 23.9. The Morgan fingerprint density at radius 1 is 1.00 bits per heavy atom. The van der Waals surface area contributed by atoms with Gasteiger partial charge in [-0.1, -0.05) is 31.5 Å². The van der Waals surface area contributed by atoms with Crippen LogP contribution in [0, 0.1) is 20.8 Å². The minimum absolute atomic E-state index is 0.188. The molecule has 0 atom stereocenters. The number of halogens is 1. The van der Waals surface area contributed by atoms with Crippen LogP contribution in [0.5, 0.6) is 5.75 Å². The Balaban J connectivity index is 1.86. The van der Waals surface area contributed by atoms with E-state index in [1.54, 1.807) is 6.07 Å². The SMILES string of the molecule is Cc1ccc(NC(=O)COC(=O)COc2cc(C)c(Cl)cc2C(C)C)cc1C. The summed E-state index contributed by atoms with van der Waals surface area (Å²) in [6.45, 7) is 9.21. The van der Waals surface area contributed by atoms with E-state index in [4.69, 9.17) is 21.1 Å². The molecule has 2 aromatic carbocycles. The lowest BCUT2D eigenvalue weighted by Crippen LogP contribution is -2.24. The van der Waals surface area contributed by atoms with Gasteiger partial charge in [0.2, 0.25) is 0 Å². The molecular formula is C22H26ClNO4. The minimum Gasteiger partial charge on any atom is -0.482 e. The molecule has 0 aliphatic heterocycles. The van der Waals surface area contributed by atoms with Crippen LogP contribution in [-0.2, 0) is 14.3 Å². The van der Waals surface area contributed by atoms with E-state index in [-0.39, 0.29) is 19.1 Å². The summed E-state index contributed by atoms with van der Waals surface area (Å²) >= 11 is 6.17. The molecule has 0 spiro atoms. The molecule has 2 rings (SSSR count). The van der Waals surface area contributed by atoms with Crippen LogP contribution in [0.2, 0.25) is 5.02 Å². The van der Waals surface area contributed by atoms with Gasteiger partial charge >= 0.3 is 5.97 Å². The highest BCUT2D eigenvalue weighted by Crippen LogP contribution is 2.32. The summed E-state index contributed by atoms with van der Waals surface area (Å²) < 4.78 is 10.6. The Morgan fingerprint density at radius 3 is 2.36 bits per heavy atom. The van der Waals surface area contributed by atoms with E-state index in [0.717, 1.165) is 22.3 Å². The van der Waals surface area contributed by atoms with Gasteiger partial charge in [-0.05, 0) is 73.2 Å². The van der Waals surface area contributed by atoms with Crippen molar-refractivity contribution in [2.45, 2.75) is 40.5 Å². The van der Waals surface area contributed by atoms with Crippen LogP contribution in [0.25, 0.3) is 0 Å². The highest BCUT2D eigenvalue weighted by Gasteiger charge is 2.14. The molecule has 0 bridgehead atoms. The molecule has 0 radical (unpaired) electrons. The quantitative estimate of drug-likeness (QED) is 0.664. The van der Waals surface area contributed by atoms with Gasteiger partial charge in [0, 0.05) is 10.7 Å². The topological polar surface area (TPSA) is 64.6 Å². The number of hydrogen-bond acceptors (Lipinski definition) is 4. The Kier molecular flexibility index (Phi) is 7.46. The third-order valence-corrected chi connectivity index (χ3v) is 4.82. The summed E-state index contributed by atoms with van der Waals surface area (Å²) in [5, 5.41) is 3.36. The van der Waals surface area contributed by atoms with Crippen molar-refractivity contribution in [1.29, 1.82) is 0 Å². The number of carbonyl (C=O) groups excluding carboxylic acids is 2. The Morgan fingerprint density at radius 2 is 1.71 bits per heavy atom. The minimum atomic E-state index is -0.613. The average molecular weight is 404 g/mol. The van der Waals surface area contributed by atoms with Crippen molar-refractivity contribution >= 4 is 29.2 Å². The number of aryl methyl sites for hydroxylation is 3. The molecule has 1 amide bonds. The predicted molar refractivity (Wildman–Crippen MR) is 111 cm³/mol. The van der Waals surface area contributed by atoms with Crippen LogP contribution in [0.15, 0.2) is 30.3 Å². The second-order valence-corrected chi connectivity index (χ2v) is 7.50. The molecule has 0 aliphatic rings. The summed E-state index contributed by atoms with van der Waals surface area (Å²) in [6, 6.07) is 9.25. The number of anilines is 1. The maximum absolute atomic E-state index is 12.0. The standard InChI is InChI=1S/C22H26ClNO4/c1-13(2)18-10-19(23)16(5)9-20(18)27-12-22(26)28-11-21(25)24-17-7-6-14(3)15(4)8-17/h6-10,13H,11-12H2,1-5H3,(H,24,25). The molecule has 28 heavy (non-hydrogen) atoms. The second-order valence-electron chi connectivity index (χ2n) is 7.09. The highest BCUT2D eigenvalue weighted by molar-refractivity contribution is 6.31. The summed E-state index contributed by atoms with van der Waals surface area (Å²) in [5.41, 5.74) is 4.65. The smallest absolute Gasteiger partial charge is 0.344 e. The van der Waals surface area contributed by atoms with Gasteiger partial charge in [-0.3, -0.25) is 4.79 Å². The van der Waals surface area contributed by atoms with Gasteiger partial charge in [-0.25, -0.2) is 4.79 Å². The molecule has 1 N–H and O–H groups in total. The van der Waals surface area contributed by atoms with Crippen LogP contribution < -0.4 is 10.1 Å². The number of amides is 1. The van der Waals surface area contributed by atoms with Crippen LogP contribution in [-0.4, -0.2) is 25.1 Å². The van der Waals surface area contributed by atoms with Crippen LogP contribution >= 0.6 is 11.6 Å². The van der Waals surface area contributed by atoms with Crippen molar-refractivity contribution in [1.82, 2.24) is 0 Å². The Bertz CT molecular complexity index is 877. The largest absolute Gasteiger partial charge is 0.482 e. The zero-order chi connectivity index (χ0) is 20.8. The fraction of sp³-hybridized carbons (Fsp3) is 0.364. The maximum Gasteiger partial charge on any atom is 0.344 e. The normalized spacial score (nSPS) is 10.7. The number of hydrogen-bond donors (Lipinski definition) is 1. The monoisotopic (exact) mass is 403 g/mol. The van der Waals surface area contributed by atoms with Crippen molar-refractivity contribution in [3.63, 3.8) is 0 Å². The van der Waals surface area contributed by atoms with Gasteiger partial charge < -0.3 is 14.8 Å². The van der Waals surface area contributed by atoms with Gasteiger partial charge in [-0.15, -0.1) is 0 Å². The lowest BCUT2D eigenvalue weighted by Gasteiger charge is -2.15. The molecule has 5 nitrogen and oxygen atoms in total. The van der Waals surface area contributed by atoms with Crippen molar-refractivity contribution in [3.05, 3.63) is 57.6 Å². The highest BCUT2D eigenvalue weighted by atomic mass is 35.5. The predicted octanol–water partition coefficient (Wildman–Crippen LogP) is 4.95. The van der Waals surface area contributed by atoms with Gasteiger partial charge in [0.05, 0.1) is 0 Å². The number of nitrogens with one attached hydrogen (secondary N) is 1. The summed E-state index contributed by atoms with van der Waals surface area (Å²) in [6.07, 6.45) is 0. The van der Waals surface area contributed by atoms with E-state index < -0.39 is 11.9 Å². The fourth-order valence-electron chi connectivity index (χ4n) is 2.59. The fourth-order valence-corrected chi connectivity index (χ4v) is 2.76. The van der Waals surface area contributed by atoms with Crippen molar-refractivity contribution in [2.24, 2.45) is 0 Å². The average Bonchev–Trinajstić information content (AvgIpc) is 2.63. The molecule has 0 saturated heterocycles. The number of esters is 1. The van der Waals surface area contributed by atoms with Crippen molar-refractivity contribution < 1.29 is 19.1 Å². The van der Waals surface area contributed by atoms with Crippen molar-refractivity contribution in [2.75, 3.05) is 18.5 Å².